The summed E-state index contributed by atoms with van der Waals surface area (Å²) in [5.41, 5.74) is 1.49. The topological polar surface area (TPSA) is 0 Å². The number of hydrogen-bond donors (Lipinski definition) is 0. The molecule has 0 aromatic heterocycles. The van der Waals surface area contributed by atoms with Gasteiger partial charge in [-0.2, -0.15) is 0 Å². The van der Waals surface area contributed by atoms with Crippen molar-refractivity contribution < 1.29 is 0 Å². The molecular formula is C10H16Pb. The summed E-state index contributed by atoms with van der Waals surface area (Å²) in [6.07, 6.45) is 0. The van der Waals surface area contributed by atoms with E-state index in [0.29, 0.717) is 0 Å². The fraction of sp³-hybridized carbons (Fsp3) is 0.400. The fourth-order valence-electron chi connectivity index (χ4n) is 1.41. The van der Waals surface area contributed by atoms with Gasteiger partial charge in [0.1, 0.15) is 0 Å². The van der Waals surface area contributed by atoms with Crippen molar-refractivity contribution in [3.63, 3.8) is 0 Å². The number of aryl methyl sites for hydroxylation is 1. The van der Waals surface area contributed by atoms with Gasteiger partial charge in [-0.05, 0) is 0 Å². The molecule has 0 saturated heterocycles. The summed E-state index contributed by atoms with van der Waals surface area (Å²) in [6, 6.07) is 8.81. The van der Waals surface area contributed by atoms with Crippen LogP contribution in [0.3, 0.4) is 0 Å². The van der Waals surface area contributed by atoms with Crippen LogP contribution in [-0.2, 0) is 0 Å². The molecule has 1 aromatic rings. The first kappa shape index (κ1) is 9.23. The molecule has 0 radical (unpaired) electrons. The van der Waals surface area contributed by atoms with Crippen molar-refractivity contribution >= 4 is 24.3 Å². The Labute approximate surface area is 74.3 Å². The first-order chi connectivity index (χ1) is 5.02. The SMILES string of the molecule is Cc1cccc[c]1[Pb]([CH3])([CH3])[CH3]. The third kappa shape index (κ3) is 2.29. The van der Waals surface area contributed by atoms with Crippen molar-refractivity contribution in [2.75, 3.05) is 0 Å². The van der Waals surface area contributed by atoms with Gasteiger partial charge in [0.25, 0.3) is 0 Å². The van der Waals surface area contributed by atoms with Gasteiger partial charge in [-0.1, -0.05) is 0 Å². The second-order valence-electron chi connectivity index (χ2n) is 4.06. The van der Waals surface area contributed by atoms with Crippen LogP contribution in [0.15, 0.2) is 24.3 Å². The third-order valence-corrected chi connectivity index (χ3v) is 10.4. The molecule has 1 heteroatoms. The van der Waals surface area contributed by atoms with E-state index in [1.807, 2.05) is 0 Å². The second kappa shape index (κ2) is 3.25. The second-order valence-corrected chi connectivity index (χ2v) is 23.7. The number of rotatable bonds is 1. The zero-order valence-corrected chi connectivity index (χ0v) is 11.7. The minimum atomic E-state index is -1.89. The Kier molecular flexibility index (Phi) is 2.73. The first-order valence-corrected chi connectivity index (χ1v) is 17.7. The molecule has 0 atom stereocenters. The van der Waals surface area contributed by atoms with E-state index in [1.165, 1.54) is 5.56 Å². The molecule has 0 spiro atoms. The van der Waals surface area contributed by atoms with Crippen LogP contribution in [0.2, 0.25) is 13.4 Å². The molecule has 0 N–H and O–H groups in total. The van der Waals surface area contributed by atoms with Crippen molar-refractivity contribution in [2.24, 2.45) is 0 Å². The van der Waals surface area contributed by atoms with Crippen LogP contribution in [-0.4, -0.2) is 21.2 Å². The molecule has 0 fully saturated rings. The molecule has 0 aliphatic heterocycles. The number of hydrogen-bond acceptors (Lipinski definition) is 0. The van der Waals surface area contributed by atoms with E-state index in [1.54, 1.807) is 3.12 Å². The molecule has 0 bridgehead atoms. The van der Waals surface area contributed by atoms with Crippen LogP contribution in [0.4, 0.5) is 0 Å². The predicted octanol–water partition coefficient (Wildman–Crippen LogP) is 2.54. The Balaban J connectivity index is 3.14. The molecule has 0 aliphatic rings. The van der Waals surface area contributed by atoms with E-state index in [9.17, 15) is 0 Å². The molecule has 11 heavy (non-hydrogen) atoms. The summed E-state index contributed by atoms with van der Waals surface area (Å²) in [7, 11) is 0. The van der Waals surface area contributed by atoms with Gasteiger partial charge in [0.15, 0.2) is 0 Å². The van der Waals surface area contributed by atoms with Gasteiger partial charge < -0.3 is 0 Å². The van der Waals surface area contributed by atoms with Crippen LogP contribution < -0.4 is 3.12 Å². The molecule has 60 valence electrons. The van der Waals surface area contributed by atoms with Crippen molar-refractivity contribution in [3.8, 4) is 0 Å². The van der Waals surface area contributed by atoms with E-state index < -0.39 is 21.2 Å². The molecule has 0 heterocycles. The normalized spacial score (nSPS) is 11.6. The van der Waals surface area contributed by atoms with E-state index in [-0.39, 0.29) is 0 Å². The van der Waals surface area contributed by atoms with Crippen LogP contribution >= 0.6 is 0 Å². The van der Waals surface area contributed by atoms with Crippen molar-refractivity contribution in [1.29, 1.82) is 0 Å². The van der Waals surface area contributed by atoms with Gasteiger partial charge in [0, 0.05) is 0 Å². The minimum absolute atomic E-state index is 1.49. The summed E-state index contributed by atoms with van der Waals surface area (Å²) in [5.74, 6) is 0. The molecule has 1 rings (SSSR count). The van der Waals surface area contributed by atoms with Crippen molar-refractivity contribution in [3.05, 3.63) is 29.8 Å². The molecule has 0 unspecified atom stereocenters. The van der Waals surface area contributed by atoms with E-state index in [0.717, 1.165) is 0 Å². The summed E-state index contributed by atoms with van der Waals surface area (Å²) in [6.45, 7) is 2.22. The molecule has 0 aliphatic carbocycles. The third-order valence-electron chi connectivity index (χ3n) is 1.95. The molecule has 0 saturated carbocycles. The summed E-state index contributed by atoms with van der Waals surface area (Å²) >= 11 is -1.89. The maximum absolute atomic E-state index is 2.47. The monoisotopic (exact) mass is 344 g/mol. The van der Waals surface area contributed by atoms with Crippen LogP contribution in [0, 0.1) is 6.92 Å². The van der Waals surface area contributed by atoms with Gasteiger partial charge in [-0.25, -0.2) is 0 Å². The van der Waals surface area contributed by atoms with Crippen molar-refractivity contribution in [1.82, 2.24) is 0 Å². The van der Waals surface area contributed by atoms with Crippen LogP contribution in [0.1, 0.15) is 5.56 Å². The van der Waals surface area contributed by atoms with Gasteiger partial charge in [0.2, 0.25) is 0 Å². The van der Waals surface area contributed by atoms with Crippen LogP contribution in [0.5, 0.6) is 0 Å². The van der Waals surface area contributed by atoms with E-state index in [4.69, 9.17) is 0 Å². The summed E-state index contributed by atoms with van der Waals surface area (Å²) in [4.78, 5) is 0. The zero-order chi connectivity index (χ0) is 8.48. The van der Waals surface area contributed by atoms with Gasteiger partial charge in [0.05, 0.1) is 0 Å². The summed E-state index contributed by atoms with van der Waals surface area (Å²) in [5, 5.41) is 0. The van der Waals surface area contributed by atoms with E-state index in [2.05, 4.69) is 44.6 Å². The van der Waals surface area contributed by atoms with Gasteiger partial charge in [-0.3, -0.25) is 0 Å². The average molecular weight is 343 g/mol. The number of benzene rings is 1. The Bertz CT molecular complexity index is 245. The fourth-order valence-corrected chi connectivity index (χ4v) is 8.66. The van der Waals surface area contributed by atoms with E-state index >= 15 is 0 Å². The maximum atomic E-state index is 2.47. The Morgan fingerprint density at radius 3 is 1.91 bits per heavy atom. The Morgan fingerprint density at radius 2 is 1.55 bits per heavy atom. The van der Waals surface area contributed by atoms with Gasteiger partial charge in [-0.15, -0.1) is 0 Å². The molecule has 0 amide bonds. The average Bonchev–Trinajstić information content (AvgIpc) is 1.86. The van der Waals surface area contributed by atoms with Gasteiger partial charge >= 0.3 is 74.5 Å². The molecule has 0 nitrogen and oxygen atoms in total. The predicted molar refractivity (Wildman–Crippen MR) is 54.2 cm³/mol. The molecular weight excluding hydrogens is 327 g/mol. The van der Waals surface area contributed by atoms with Crippen LogP contribution in [0.25, 0.3) is 0 Å². The standard InChI is InChI=1S/C7H7.3CH3.Pb/c1-7-5-3-2-4-6-7;;;;/h2-5H,1H3;3*1H3;. The zero-order valence-electron chi connectivity index (χ0n) is 7.81. The molecule has 1 aromatic carbocycles. The summed E-state index contributed by atoms with van der Waals surface area (Å²) < 4.78 is 9.07. The van der Waals surface area contributed by atoms with Crippen molar-refractivity contribution in [2.45, 2.75) is 20.4 Å². The first-order valence-electron chi connectivity index (χ1n) is 4.08. The quantitative estimate of drug-likeness (QED) is 0.688. The Morgan fingerprint density at radius 1 is 1.00 bits per heavy atom. The Hall–Kier alpha value is 0.142.